The molecule has 0 saturated carbocycles. The van der Waals surface area contributed by atoms with Gasteiger partial charge in [0.15, 0.2) is 0 Å². The first-order chi connectivity index (χ1) is 14.7. The molecule has 1 aliphatic rings. The fourth-order valence-electron chi connectivity index (χ4n) is 3.92. The van der Waals surface area contributed by atoms with Gasteiger partial charge in [0.2, 0.25) is 11.8 Å². The molecule has 0 saturated heterocycles. The molecule has 3 aromatic rings. The Morgan fingerprint density at radius 2 is 1.97 bits per heavy atom. The maximum absolute atomic E-state index is 12.6. The summed E-state index contributed by atoms with van der Waals surface area (Å²) < 4.78 is 2.02. The van der Waals surface area contributed by atoms with Crippen molar-refractivity contribution >= 4 is 34.9 Å². The summed E-state index contributed by atoms with van der Waals surface area (Å²) in [5, 5.41) is 10.6. The number of carbonyl (C=O) groups excluding carboxylic acids is 2. The first-order valence-corrected chi connectivity index (χ1v) is 10.4. The van der Waals surface area contributed by atoms with Gasteiger partial charge in [-0.1, -0.05) is 37.6 Å². The van der Waals surface area contributed by atoms with Gasteiger partial charge in [-0.05, 0) is 35.6 Å². The van der Waals surface area contributed by atoms with Crippen LogP contribution < -0.4 is 10.6 Å². The van der Waals surface area contributed by atoms with Crippen LogP contribution in [0.1, 0.15) is 32.0 Å². The van der Waals surface area contributed by atoms with Crippen molar-refractivity contribution in [2.45, 2.75) is 40.2 Å². The Labute approximate surface area is 185 Å². The van der Waals surface area contributed by atoms with Crippen LogP contribution in [0.5, 0.6) is 0 Å². The van der Waals surface area contributed by atoms with Crippen molar-refractivity contribution in [3.8, 4) is 11.1 Å². The number of anilines is 2. The molecule has 7 nitrogen and oxygen atoms in total. The SMILES string of the molecule is CC(=O)Nc1cccc(CC(=O)Nc2cc(-c3cnn4c3CC(C)(C)C4)c(Cl)cn2)c1. The third-order valence-electron chi connectivity index (χ3n) is 5.20. The number of halogens is 1. The topological polar surface area (TPSA) is 88.9 Å². The summed E-state index contributed by atoms with van der Waals surface area (Å²) >= 11 is 6.44. The molecule has 0 unspecified atom stereocenters. The number of hydrogen-bond donors (Lipinski definition) is 2. The molecule has 0 spiro atoms. The molecule has 0 fully saturated rings. The lowest BCUT2D eigenvalue weighted by atomic mass is 9.89. The first kappa shape index (κ1) is 21.1. The summed E-state index contributed by atoms with van der Waals surface area (Å²) in [6, 6.07) is 8.98. The van der Waals surface area contributed by atoms with Crippen molar-refractivity contribution < 1.29 is 9.59 Å². The lowest BCUT2D eigenvalue weighted by Crippen LogP contribution is -2.15. The van der Waals surface area contributed by atoms with Crippen molar-refractivity contribution in [2.24, 2.45) is 5.41 Å². The Morgan fingerprint density at radius 3 is 2.74 bits per heavy atom. The lowest BCUT2D eigenvalue weighted by Gasteiger charge is -2.14. The van der Waals surface area contributed by atoms with E-state index in [9.17, 15) is 9.59 Å². The molecule has 0 bridgehead atoms. The average Bonchev–Trinajstić information content (AvgIpc) is 3.18. The summed E-state index contributed by atoms with van der Waals surface area (Å²) in [5.74, 6) is 0.0660. The maximum atomic E-state index is 12.6. The molecule has 8 heteroatoms. The number of carbonyl (C=O) groups is 2. The summed E-state index contributed by atoms with van der Waals surface area (Å²) in [5.41, 5.74) is 4.51. The van der Waals surface area contributed by atoms with Crippen LogP contribution in [0.15, 0.2) is 42.7 Å². The molecule has 0 radical (unpaired) electrons. The number of hydrogen-bond acceptors (Lipinski definition) is 4. The minimum Gasteiger partial charge on any atom is -0.326 e. The summed E-state index contributed by atoms with van der Waals surface area (Å²) in [7, 11) is 0. The van der Waals surface area contributed by atoms with Crippen molar-refractivity contribution in [2.75, 3.05) is 10.6 Å². The van der Waals surface area contributed by atoms with Crippen molar-refractivity contribution in [1.29, 1.82) is 0 Å². The van der Waals surface area contributed by atoms with Gasteiger partial charge < -0.3 is 10.6 Å². The number of rotatable bonds is 5. The predicted molar refractivity (Wildman–Crippen MR) is 121 cm³/mol. The first-order valence-electron chi connectivity index (χ1n) is 10.1. The molecule has 3 heterocycles. The highest BCUT2D eigenvalue weighted by Crippen LogP contribution is 2.39. The van der Waals surface area contributed by atoms with Gasteiger partial charge in [0, 0.05) is 42.2 Å². The zero-order chi connectivity index (χ0) is 22.2. The molecule has 1 aromatic carbocycles. The Bertz CT molecular complexity index is 1170. The molecule has 2 amide bonds. The van der Waals surface area contributed by atoms with Crippen LogP contribution in [0.25, 0.3) is 11.1 Å². The van der Waals surface area contributed by atoms with Gasteiger partial charge in [0.05, 0.1) is 17.6 Å². The van der Waals surface area contributed by atoms with Crippen LogP contribution in [-0.4, -0.2) is 26.6 Å². The van der Waals surface area contributed by atoms with E-state index in [4.69, 9.17) is 11.6 Å². The Balaban J connectivity index is 1.51. The van der Waals surface area contributed by atoms with Crippen LogP contribution in [0.4, 0.5) is 11.5 Å². The van der Waals surface area contributed by atoms with Crippen molar-refractivity contribution in [3.63, 3.8) is 0 Å². The fourth-order valence-corrected chi connectivity index (χ4v) is 4.13. The van der Waals surface area contributed by atoms with Crippen LogP contribution in [0, 0.1) is 5.41 Å². The minimum absolute atomic E-state index is 0.153. The number of benzene rings is 1. The van der Waals surface area contributed by atoms with Crippen LogP contribution in [-0.2, 0) is 29.0 Å². The number of aromatic nitrogens is 3. The van der Waals surface area contributed by atoms with E-state index in [1.807, 2.05) is 16.9 Å². The molecule has 160 valence electrons. The molecule has 2 aromatic heterocycles. The summed E-state index contributed by atoms with van der Waals surface area (Å²) in [4.78, 5) is 28.1. The van der Waals surface area contributed by atoms with Gasteiger partial charge in [-0.3, -0.25) is 14.3 Å². The monoisotopic (exact) mass is 437 g/mol. The Kier molecular flexibility index (Phi) is 5.54. The van der Waals surface area contributed by atoms with Gasteiger partial charge in [0.1, 0.15) is 5.82 Å². The Hall–Kier alpha value is -3.19. The number of pyridine rings is 1. The highest BCUT2D eigenvalue weighted by atomic mass is 35.5. The van der Waals surface area contributed by atoms with E-state index in [0.29, 0.717) is 16.5 Å². The smallest absolute Gasteiger partial charge is 0.229 e. The molecule has 4 rings (SSSR count). The fraction of sp³-hybridized carbons (Fsp3) is 0.304. The van der Waals surface area contributed by atoms with E-state index < -0.39 is 0 Å². The highest BCUT2D eigenvalue weighted by molar-refractivity contribution is 6.33. The summed E-state index contributed by atoms with van der Waals surface area (Å²) in [6.07, 6.45) is 4.44. The van der Waals surface area contributed by atoms with E-state index in [1.54, 1.807) is 30.5 Å². The van der Waals surface area contributed by atoms with Crippen LogP contribution >= 0.6 is 11.6 Å². The second-order valence-corrected chi connectivity index (χ2v) is 9.07. The van der Waals surface area contributed by atoms with Gasteiger partial charge in [0.25, 0.3) is 0 Å². The van der Waals surface area contributed by atoms with Gasteiger partial charge >= 0.3 is 0 Å². The molecular weight excluding hydrogens is 414 g/mol. The Morgan fingerprint density at radius 1 is 1.16 bits per heavy atom. The molecule has 2 N–H and O–H groups in total. The quantitative estimate of drug-likeness (QED) is 0.622. The number of nitrogens with zero attached hydrogens (tertiary/aromatic N) is 3. The average molecular weight is 438 g/mol. The third kappa shape index (κ3) is 4.77. The van der Waals surface area contributed by atoms with Crippen LogP contribution in [0.3, 0.4) is 0 Å². The van der Waals surface area contributed by atoms with E-state index in [0.717, 1.165) is 35.3 Å². The van der Waals surface area contributed by atoms with Crippen molar-refractivity contribution in [3.05, 3.63) is 59.0 Å². The molecular formula is C23H24ClN5O2. The largest absolute Gasteiger partial charge is 0.326 e. The lowest BCUT2D eigenvalue weighted by molar-refractivity contribution is -0.116. The normalized spacial score (nSPS) is 14.2. The van der Waals surface area contributed by atoms with E-state index in [1.165, 1.54) is 6.92 Å². The van der Waals surface area contributed by atoms with Gasteiger partial charge in [-0.15, -0.1) is 0 Å². The standard InChI is InChI=1S/C23H24ClN5O2/c1-14(30)27-16-6-4-5-15(7-16)8-22(31)28-21-9-17(19(24)12-25-21)18-11-26-29-13-23(2,3)10-20(18)29/h4-7,9,11-12H,8,10,13H2,1-3H3,(H,27,30)(H,25,28,31). The van der Waals surface area contributed by atoms with E-state index in [2.05, 4.69) is 34.6 Å². The molecule has 0 atom stereocenters. The zero-order valence-corrected chi connectivity index (χ0v) is 18.5. The third-order valence-corrected chi connectivity index (χ3v) is 5.50. The minimum atomic E-state index is -0.206. The highest BCUT2D eigenvalue weighted by Gasteiger charge is 2.32. The predicted octanol–water partition coefficient (Wildman–Crippen LogP) is 4.32. The zero-order valence-electron chi connectivity index (χ0n) is 17.7. The second-order valence-electron chi connectivity index (χ2n) is 8.66. The van der Waals surface area contributed by atoms with Gasteiger partial charge in [-0.25, -0.2) is 4.98 Å². The second kappa shape index (κ2) is 8.15. The van der Waals surface area contributed by atoms with E-state index in [-0.39, 0.29) is 23.7 Å². The number of fused-ring (bicyclic) bond motifs is 1. The molecule has 31 heavy (non-hydrogen) atoms. The number of nitrogens with one attached hydrogen (secondary N) is 2. The van der Waals surface area contributed by atoms with Gasteiger partial charge in [-0.2, -0.15) is 5.10 Å². The molecule has 0 aliphatic carbocycles. The molecule has 1 aliphatic heterocycles. The van der Waals surface area contributed by atoms with E-state index >= 15 is 0 Å². The summed E-state index contributed by atoms with van der Waals surface area (Å²) in [6.45, 7) is 6.74. The maximum Gasteiger partial charge on any atom is 0.229 e. The van der Waals surface area contributed by atoms with Crippen molar-refractivity contribution in [1.82, 2.24) is 14.8 Å². The number of amides is 2. The van der Waals surface area contributed by atoms with Crippen LogP contribution in [0.2, 0.25) is 5.02 Å².